The van der Waals surface area contributed by atoms with Gasteiger partial charge in [-0.2, -0.15) is 17.5 Å². The first kappa shape index (κ1) is 18.0. The lowest BCUT2D eigenvalue weighted by Gasteiger charge is -2.16. The zero-order valence-corrected chi connectivity index (χ0v) is 14.0. The monoisotopic (exact) mass is 364 g/mol. The van der Waals surface area contributed by atoms with Crippen molar-refractivity contribution in [1.29, 1.82) is 0 Å². The van der Waals surface area contributed by atoms with Crippen LogP contribution in [0.15, 0.2) is 18.3 Å². The molecule has 0 saturated heterocycles. The number of aromatic nitrogens is 3. The molecule has 0 radical (unpaired) electrons. The largest absolute Gasteiger partial charge is 0.433 e. The lowest BCUT2D eigenvalue weighted by molar-refractivity contribution is -0.141. The number of hydrogen-bond donors (Lipinski definition) is 1. The van der Waals surface area contributed by atoms with E-state index in [-0.39, 0.29) is 22.6 Å². The predicted octanol–water partition coefficient (Wildman–Crippen LogP) is 3.12. The van der Waals surface area contributed by atoms with E-state index in [2.05, 4.69) is 14.3 Å². The summed E-state index contributed by atoms with van der Waals surface area (Å²) in [6.45, 7) is 3.70. The van der Waals surface area contributed by atoms with Crippen molar-refractivity contribution in [2.45, 2.75) is 37.6 Å². The summed E-state index contributed by atoms with van der Waals surface area (Å²) in [5, 5.41) is 5.78. The van der Waals surface area contributed by atoms with Gasteiger partial charge in [0.25, 0.3) is 0 Å². The molecule has 0 spiro atoms. The normalized spacial score (nSPS) is 16.1. The van der Waals surface area contributed by atoms with E-state index >= 15 is 0 Å². The van der Waals surface area contributed by atoms with Crippen LogP contribution in [0.1, 0.15) is 36.9 Å². The number of pyridine rings is 1. The molecule has 2 aromatic heterocycles. The van der Waals surface area contributed by atoms with Crippen molar-refractivity contribution in [3.63, 3.8) is 0 Å². The Morgan fingerprint density at radius 3 is 2.70 bits per heavy atom. The Kier molecular flexibility index (Phi) is 5.48. The van der Waals surface area contributed by atoms with Crippen molar-refractivity contribution < 1.29 is 17.4 Å². The molecule has 0 bridgehead atoms. The minimum absolute atomic E-state index is 0.194. The molecular formula is C13H15F3N4OS2. The maximum absolute atomic E-state index is 12.7. The van der Waals surface area contributed by atoms with E-state index in [1.807, 2.05) is 13.8 Å². The SMILES string of the molecule is CCC([C@@H](C)c1nc(-c2ccnc(C(F)(F)F)c2)ns1)S(N)=O. The number of hydrogen-bond acceptors (Lipinski definition) is 5. The summed E-state index contributed by atoms with van der Waals surface area (Å²) >= 11 is 1.07. The fraction of sp³-hybridized carbons (Fsp3) is 0.462. The van der Waals surface area contributed by atoms with Crippen molar-refractivity contribution >= 4 is 22.5 Å². The van der Waals surface area contributed by atoms with Crippen molar-refractivity contribution in [2.75, 3.05) is 0 Å². The van der Waals surface area contributed by atoms with Crippen molar-refractivity contribution in [1.82, 2.24) is 14.3 Å². The number of nitrogens with zero attached hydrogens (tertiary/aromatic N) is 3. The van der Waals surface area contributed by atoms with Crippen LogP contribution in [0.5, 0.6) is 0 Å². The van der Waals surface area contributed by atoms with Crippen LogP contribution >= 0.6 is 11.5 Å². The van der Waals surface area contributed by atoms with Gasteiger partial charge in [-0.3, -0.25) is 10.1 Å². The molecule has 23 heavy (non-hydrogen) atoms. The molecule has 2 aromatic rings. The van der Waals surface area contributed by atoms with Crippen LogP contribution in [-0.4, -0.2) is 23.8 Å². The average Bonchev–Trinajstić information content (AvgIpc) is 2.96. The van der Waals surface area contributed by atoms with E-state index in [4.69, 9.17) is 5.14 Å². The zero-order chi connectivity index (χ0) is 17.2. The maximum atomic E-state index is 12.7. The summed E-state index contributed by atoms with van der Waals surface area (Å²) < 4.78 is 53.8. The third-order valence-corrected chi connectivity index (χ3v) is 5.65. The molecule has 5 nitrogen and oxygen atoms in total. The van der Waals surface area contributed by atoms with E-state index in [9.17, 15) is 17.4 Å². The second-order valence-electron chi connectivity index (χ2n) is 4.95. The smallest absolute Gasteiger partial charge is 0.252 e. The van der Waals surface area contributed by atoms with Gasteiger partial charge in [0.1, 0.15) is 10.7 Å². The number of alkyl halides is 3. The molecule has 0 aromatic carbocycles. The Hall–Kier alpha value is -1.39. The topological polar surface area (TPSA) is 81.8 Å². The van der Waals surface area contributed by atoms with Crippen LogP contribution in [0.2, 0.25) is 0 Å². The van der Waals surface area contributed by atoms with Crippen molar-refractivity contribution in [3.8, 4) is 11.4 Å². The maximum Gasteiger partial charge on any atom is 0.433 e. The van der Waals surface area contributed by atoms with Crippen LogP contribution in [0, 0.1) is 0 Å². The quantitative estimate of drug-likeness (QED) is 0.884. The van der Waals surface area contributed by atoms with E-state index in [1.54, 1.807) is 0 Å². The van der Waals surface area contributed by atoms with Gasteiger partial charge in [0.15, 0.2) is 5.82 Å². The Balaban J connectivity index is 2.31. The van der Waals surface area contributed by atoms with Gasteiger partial charge >= 0.3 is 6.18 Å². The standard InChI is InChI=1S/C13H15F3N4OS2/c1-3-9(23(17)21)7(2)12-19-11(20-22-12)8-4-5-18-10(6-8)13(14,15)16/h4-7,9H,3,17H2,1-2H3/t7-,9?,23?/m1/s1. The Bertz CT molecular complexity index is 705. The fourth-order valence-corrected chi connectivity index (χ4v) is 3.87. The summed E-state index contributed by atoms with van der Waals surface area (Å²) in [5.41, 5.74) is -0.752. The van der Waals surface area contributed by atoms with Crippen LogP contribution in [-0.2, 0) is 17.2 Å². The Morgan fingerprint density at radius 1 is 1.43 bits per heavy atom. The molecule has 2 N–H and O–H groups in total. The number of rotatable bonds is 5. The van der Waals surface area contributed by atoms with Gasteiger partial charge in [-0.1, -0.05) is 13.8 Å². The summed E-state index contributed by atoms with van der Waals surface area (Å²) in [5.74, 6) is 0.00316. The zero-order valence-electron chi connectivity index (χ0n) is 12.4. The van der Waals surface area contributed by atoms with Gasteiger partial charge in [0.05, 0.1) is 16.2 Å². The van der Waals surface area contributed by atoms with E-state index < -0.39 is 22.9 Å². The minimum Gasteiger partial charge on any atom is -0.252 e. The summed E-state index contributed by atoms with van der Waals surface area (Å²) in [6.07, 6.45) is -2.84. The second kappa shape index (κ2) is 7.02. The first-order chi connectivity index (χ1) is 10.7. The lowest BCUT2D eigenvalue weighted by Crippen LogP contribution is -2.26. The van der Waals surface area contributed by atoms with Crippen molar-refractivity contribution in [2.24, 2.45) is 5.14 Å². The highest BCUT2D eigenvalue weighted by Crippen LogP contribution is 2.31. The molecule has 0 aliphatic rings. The van der Waals surface area contributed by atoms with Gasteiger partial charge < -0.3 is 0 Å². The molecule has 0 amide bonds. The first-order valence-electron chi connectivity index (χ1n) is 6.76. The molecule has 126 valence electrons. The van der Waals surface area contributed by atoms with Crippen LogP contribution in [0.3, 0.4) is 0 Å². The van der Waals surface area contributed by atoms with E-state index in [0.717, 1.165) is 23.8 Å². The van der Waals surface area contributed by atoms with Gasteiger partial charge in [0, 0.05) is 17.7 Å². The summed E-state index contributed by atoms with van der Waals surface area (Å²) in [6, 6.07) is 2.33. The highest BCUT2D eigenvalue weighted by atomic mass is 32.2. The highest BCUT2D eigenvalue weighted by molar-refractivity contribution is 7.83. The van der Waals surface area contributed by atoms with Crippen LogP contribution in [0.25, 0.3) is 11.4 Å². The average molecular weight is 364 g/mol. The molecule has 0 aliphatic heterocycles. The van der Waals surface area contributed by atoms with Gasteiger partial charge in [-0.25, -0.2) is 9.19 Å². The lowest BCUT2D eigenvalue weighted by atomic mass is 10.1. The first-order valence-corrected chi connectivity index (χ1v) is 8.81. The van der Waals surface area contributed by atoms with Crippen LogP contribution in [0.4, 0.5) is 13.2 Å². The molecule has 2 heterocycles. The van der Waals surface area contributed by atoms with Crippen molar-refractivity contribution in [3.05, 3.63) is 29.0 Å². The Labute approximate surface area is 137 Å². The molecule has 0 fully saturated rings. The number of nitrogens with two attached hydrogens (primary N) is 1. The molecule has 2 unspecified atom stereocenters. The summed E-state index contributed by atoms with van der Waals surface area (Å²) in [7, 11) is -1.50. The number of halogens is 3. The molecule has 3 atom stereocenters. The van der Waals surface area contributed by atoms with Crippen LogP contribution < -0.4 is 5.14 Å². The van der Waals surface area contributed by atoms with Gasteiger partial charge in [-0.05, 0) is 30.1 Å². The Morgan fingerprint density at radius 2 is 2.13 bits per heavy atom. The molecule has 10 heteroatoms. The highest BCUT2D eigenvalue weighted by Gasteiger charge is 2.33. The van der Waals surface area contributed by atoms with E-state index in [1.165, 1.54) is 6.07 Å². The van der Waals surface area contributed by atoms with Gasteiger partial charge in [0.2, 0.25) is 0 Å². The minimum atomic E-state index is -4.52. The molecule has 0 aliphatic carbocycles. The molecule has 2 rings (SSSR count). The summed E-state index contributed by atoms with van der Waals surface area (Å²) in [4.78, 5) is 7.59. The third-order valence-electron chi connectivity index (χ3n) is 3.40. The predicted molar refractivity (Wildman–Crippen MR) is 83.0 cm³/mol. The molecule has 0 saturated carbocycles. The third kappa shape index (κ3) is 4.12. The van der Waals surface area contributed by atoms with E-state index in [0.29, 0.717) is 11.4 Å². The second-order valence-corrected chi connectivity index (χ2v) is 6.99. The van der Waals surface area contributed by atoms with Gasteiger partial charge in [-0.15, -0.1) is 0 Å². The fourth-order valence-electron chi connectivity index (χ4n) is 2.14. The molecular weight excluding hydrogens is 349 g/mol.